The summed E-state index contributed by atoms with van der Waals surface area (Å²) in [4.78, 5) is 0. The van der Waals surface area contributed by atoms with Crippen molar-refractivity contribution in [2.45, 2.75) is 246 Å². The van der Waals surface area contributed by atoms with Crippen molar-refractivity contribution in [1.29, 1.82) is 0 Å². The Morgan fingerprint density at radius 3 is 0.609 bits per heavy atom. The number of halogens is 3. The molecule has 4 aliphatic heterocycles. The molecule has 12 bridgehead atoms. The summed E-state index contributed by atoms with van der Waals surface area (Å²) in [6, 6.07) is 0. The van der Waals surface area contributed by atoms with Crippen molar-refractivity contribution in [3.8, 4) is 0 Å². The van der Waals surface area contributed by atoms with Gasteiger partial charge in [0.15, 0.2) is 38.1 Å². The van der Waals surface area contributed by atoms with E-state index >= 15 is 0 Å². The first-order valence-corrected chi connectivity index (χ1v) is 29.8. The molecule has 390 valence electrons. The molecule has 0 radical (unpaired) electrons. The van der Waals surface area contributed by atoms with Crippen molar-refractivity contribution in [2.75, 3.05) is 0 Å². The lowest BCUT2D eigenvalue weighted by Crippen LogP contribution is -2.69. The van der Waals surface area contributed by atoms with E-state index in [1.54, 1.807) is 0 Å². The minimum absolute atomic E-state index is 0.135. The SMILES string of the molecule is ClC1NC2NC(N1)OC1CCCC3CC4CCCC(OC5NC(Cl)NC(N5)OC5CCCC6CC7CCCC(OC8NC(Cl)NC(N8)OC8CCCC9CC%10CCCC(O2)C%10CC98)C7CC65)C4CC31. The van der Waals surface area contributed by atoms with E-state index in [0.29, 0.717) is 71.0 Å². The molecule has 9 aliphatic carbocycles. The first-order valence-electron chi connectivity index (χ1n) is 28.5. The van der Waals surface area contributed by atoms with Crippen LogP contribution in [0, 0.1) is 71.0 Å². The van der Waals surface area contributed by atoms with E-state index in [0.717, 1.165) is 57.8 Å². The number of alkyl halides is 3. The number of ether oxygens (including phenoxy) is 6. The average Bonchev–Trinajstić information content (AvgIpc) is 3.32. The third-order valence-electron chi connectivity index (χ3n) is 20.9. The number of rotatable bonds is 0. The van der Waals surface area contributed by atoms with Crippen LogP contribution in [0.4, 0.5) is 0 Å². The molecule has 0 aromatic rings. The van der Waals surface area contributed by atoms with Gasteiger partial charge >= 0.3 is 0 Å². The molecule has 24 atom stereocenters. The molecule has 4 saturated heterocycles. The van der Waals surface area contributed by atoms with Crippen LogP contribution in [0.3, 0.4) is 0 Å². The molecule has 13 rings (SSSR count). The van der Waals surface area contributed by atoms with Gasteiger partial charge in [-0.05, 0) is 187 Å². The van der Waals surface area contributed by atoms with Crippen LogP contribution < -0.4 is 47.9 Å². The predicted octanol–water partition coefficient (Wildman–Crippen LogP) is 6.81. The average molecular weight is 1030 g/mol. The second kappa shape index (κ2) is 21.4. The van der Waals surface area contributed by atoms with Crippen LogP contribution in [0.25, 0.3) is 0 Å². The van der Waals surface area contributed by atoms with Gasteiger partial charge in [-0.2, -0.15) is 0 Å². The Hall–Kier alpha value is 0.270. The highest BCUT2D eigenvalue weighted by Gasteiger charge is 2.52. The van der Waals surface area contributed by atoms with Crippen molar-refractivity contribution in [2.24, 2.45) is 71.0 Å². The van der Waals surface area contributed by atoms with Crippen molar-refractivity contribution in [3.05, 3.63) is 0 Å². The number of hydrogen-bond acceptors (Lipinski definition) is 15. The van der Waals surface area contributed by atoms with Gasteiger partial charge in [0.05, 0.1) is 36.6 Å². The van der Waals surface area contributed by atoms with E-state index < -0.39 is 55.0 Å². The van der Waals surface area contributed by atoms with Crippen LogP contribution in [-0.4, -0.2) is 91.6 Å². The summed E-state index contributed by atoms with van der Waals surface area (Å²) in [7, 11) is 0. The van der Waals surface area contributed by atoms with E-state index in [1.807, 2.05) is 0 Å². The number of fused-ring (bicyclic) bond motifs is 6. The normalized spacial score (nSPS) is 56.0. The molecule has 4 heterocycles. The highest BCUT2D eigenvalue weighted by atomic mass is 35.5. The summed E-state index contributed by atoms with van der Waals surface area (Å²) < 4.78 is 42.7. The molecule has 18 heteroatoms. The molecule has 0 spiro atoms. The Balaban J connectivity index is 0.769. The maximum Gasteiger partial charge on any atom is 0.168 e. The zero-order chi connectivity index (χ0) is 46.2. The molecule has 15 nitrogen and oxygen atoms in total. The van der Waals surface area contributed by atoms with Crippen LogP contribution in [0.1, 0.15) is 154 Å². The summed E-state index contributed by atoms with van der Waals surface area (Å²) >= 11 is 20.9. The Morgan fingerprint density at radius 2 is 0.420 bits per heavy atom. The van der Waals surface area contributed by atoms with Crippen LogP contribution in [0.5, 0.6) is 0 Å². The van der Waals surface area contributed by atoms with Gasteiger partial charge in [0, 0.05) is 0 Å². The van der Waals surface area contributed by atoms with E-state index in [1.165, 1.54) is 96.3 Å². The molecule has 69 heavy (non-hydrogen) atoms. The van der Waals surface area contributed by atoms with Gasteiger partial charge < -0.3 is 28.4 Å². The smallest absolute Gasteiger partial charge is 0.168 e. The Bertz CT molecular complexity index is 1440. The molecule has 0 amide bonds. The molecule has 13 aliphatic rings. The van der Waals surface area contributed by atoms with Gasteiger partial charge in [0.25, 0.3) is 0 Å². The molecule has 13 fully saturated rings. The van der Waals surface area contributed by atoms with Gasteiger partial charge in [-0.1, -0.05) is 73.3 Å². The van der Waals surface area contributed by atoms with E-state index in [-0.39, 0.29) is 36.6 Å². The van der Waals surface area contributed by atoms with Gasteiger partial charge in [-0.25, -0.2) is 16.0 Å². The fraction of sp³-hybridized carbons (Fsp3) is 1.00. The van der Waals surface area contributed by atoms with Crippen LogP contribution in [-0.2, 0) is 28.4 Å². The Kier molecular flexibility index (Phi) is 15.1. The summed E-state index contributed by atoms with van der Waals surface area (Å²) in [5.41, 5.74) is -1.42. The fourth-order valence-electron chi connectivity index (χ4n) is 18.0. The summed E-state index contributed by atoms with van der Waals surface area (Å²) in [5.74, 6) is 6.87. The number of hydrogen-bond donors (Lipinski definition) is 9. The summed E-state index contributed by atoms with van der Waals surface area (Å²) in [5, 5.41) is 32.0. The van der Waals surface area contributed by atoms with Crippen molar-refractivity contribution in [3.63, 3.8) is 0 Å². The molecular weight excluding hydrogens is 941 g/mol. The number of nitrogens with one attached hydrogen (secondary N) is 9. The highest BCUT2D eigenvalue weighted by Crippen LogP contribution is 2.55. The van der Waals surface area contributed by atoms with Gasteiger partial charge in [0.2, 0.25) is 0 Å². The van der Waals surface area contributed by atoms with Crippen molar-refractivity contribution in [1.82, 2.24) is 47.9 Å². The zero-order valence-electron chi connectivity index (χ0n) is 40.6. The van der Waals surface area contributed by atoms with Crippen LogP contribution in [0.15, 0.2) is 0 Å². The fourth-order valence-corrected chi connectivity index (χ4v) is 18.7. The summed E-state index contributed by atoms with van der Waals surface area (Å²) in [6.45, 7) is 0. The molecular formula is C51H84Cl3N9O6. The Morgan fingerprint density at radius 1 is 0.232 bits per heavy atom. The minimum atomic E-state index is -0.474. The first kappa shape index (κ1) is 48.9. The van der Waals surface area contributed by atoms with Crippen molar-refractivity contribution < 1.29 is 28.4 Å². The van der Waals surface area contributed by atoms with E-state index in [4.69, 9.17) is 63.2 Å². The third-order valence-corrected chi connectivity index (χ3v) is 21.6. The first-order chi connectivity index (χ1) is 33.8. The maximum atomic E-state index is 7.12. The third kappa shape index (κ3) is 10.6. The lowest BCUT2D eigenvalue weighted by molar-refractivity contribution is -0.206. The van der Waals surface area contributed by atoms with Crippen LogP contribution in [0.2, 0.25) is 0 Å². The highest BCUT2D eigenvalue weighted by molar-refractivity contribution is 6.20. The maximum absolute atomic E-state index is 7.12. The zero-order valence-corrected chi connectivity index (χ0v) is 42.9. The lowest BCUT2D eigenvalue weighted by Gasteiger charge is -2.53. The molecule has 0 aromatic carbocycles. The monoisotopic (exact) mass is 1020 g/mol. The summed E-state index contributed by atoms with van der Waals surface area (Å²) in [6.07, 6.45) is 26.8. The van der Waals surface area contributed by atoms with Crippen LogP contribution >= 0.6 is 34.8 Å². The lowest BCUT2D eigenvalue weighted by atomic mass is 9.58. The standard InChI is InChI=1S/C51H84Cl3N9O6/c52-43-55-46-61-47(56-43)66-39-15-3-9-27-20-28-10-4-16-40(34(28)23-33(27)39)68-50-59-45(54)60-51(63-50)69-42-18-6-12-30-21-29-11-5-17-41(35(29)24-36(30)42)67-49-58-44(53)57-48(62-49)65-38-14-2-8-26-19-25-7-1-13-37(64-46)31(25)22-32(26)38/h25-51,55-63H,1-24H2. The molecule has 24 unspecified atom stereocenters. The predicted molar refractivity (Wildman–Crippen MR) is 262 cm³/mol. The van der Waals surface area contributed by atoms with Gasteiger partial charge in [-0.3, -0.25) is 31.9 Å². The quantitative estimate of drug-likeness (QED) is 0.0919. The molecule has 9 saturated carbocycles. The Labute approximate surface area is 425 Å². The second-order valence-electron chi connectivity index (χ2n) is 24.5. The van der Waals surface area contributed by atoms with E-state index in [9.17, 15) is 0 Å². The minimum Gasteiger partial charge on any atom is -0.346 e. The topological polar surface area (TPSA) is 164 Å². The second-order valence-corrected chi connectivity index (χ2v) is 25.8. The largest absolute Gasteiger partial charge is 0.346 e. The van der Waals surface area contributed by atoms with E-state index in [2.05, 4.69) is 47.9 Å². The molecule has 0 aromatic heterocycles. The van der Waals surface area contributed by atoms with Crippen molar-refractivity contribution >= 4 is 34.8 Å². The molecule has 9 N–H and O–H groups in total. The van der Waals surface area contributed by atoms with Gasteiger partial charge in [0.1, 0.15) is 16.9 Å². The van der Waals surface area contributed by atoms with Gasteiger partial charge in [-0.15, -0.1) is 0 Å².